The Morgan fingerprint density at radius 3 is 2.05 bits per heavy atom. The van der Waals surface area contributed by atoms with Gasteiger partial charge in [-0.05, 0) is 79.2 Å². The lowest BCUT2D eigenvalue weighted by molar-refractivity contribution is -0.384. The zero-order chi connectivity index (χ0) is 30.1. The maximum Gasteiger partial charge on any atom is 0.272 e. The van der Waals surface area contributed by atoms with Gasteiger partial charge in [-0.1, -0.05) is 46.3 Å². The van der Waals surface area contributed by atoms with Crippen LogP contribution in [0.5, 0.6) is 0 Å². The van der Waals surface area contributed by atoms with Crippen LogP contribution in [0.25, 0.3) is 6.08 Å². The van der Waals surface area contributed by atoms with Crippen LogP contribution >= 0.6 is 27.7 Å². The molecule has 0 radical (unpaired) electrons. The zero-order valence-electron chi connectivity index (χ0n) is 22.2. The fourth-order valence-electron chi connectivity index (χ4n) is 3.65. The highest BCUT2D eigenvalue weighted by Crippen LogP contribution is 2.26. The molecule has 1 unspecified atom stereocenters. The van der Waals surface area contributed by atoms with Gasteiger partial charge in [0.05, 0.1) is 10.2 Å². The summed E-state index contributed by atoms with van der Waals surface area (Å²) in [4.78, 5) is 49.8. The van der Waals surface area contributed by atoms with E-state index in [0.717, 1.165) is 14.9 Å². The first-order valence-electron chi connectivity index (χ1n) is 12.6. The van der Waals surface area contributed by atoms with Gasteiger partial charge in [0.2, 0.25) is 5.91 Å². The molecule has 4 aromatic carbocycles. The van der Waals surface area contributed by atoms with E-state index in [-0.39, 0.29) is 17.3 Å². The molecule has 0 bridgehead atoms. The van der Waals surface area contributed by atoms with E-state index in [1.807, 2.05) is 24.3 Å². The van der Waals surface area contributed by atoms with Crippen molar-refractivity contribution in [1.29, 1.82) is 0 Å². The molecular weight excluding hydrogens is 620 g/mol. The topological polar surface area (TPSA) is 130 Å². The molecule has 4 aromatic rings. The lowest BCUT2D eigenvalue weighted by Crippen LogP contribution is -2.30. The number of thioether (sulfide) groups is 1. The highest BCUT2D eigenvalue weighted by molar-refractivity contribution is 9.10. The van der Waals surface area contributed by atoms with Gasteiger partial charge in [-0.15, -0.1) is 11.8 Å². The van der Waals surface area contributed by atoms with Gasteiger partial charge in [-0.25, -0.2) is 0 Å². The first-order chi connectivity index (χ1) is 20.2. The monoisotopic (exact) mass is 644 g/mol. The summed E-state index contributed by atoms with van der Waals surface area (Å²) in [6.45, 7) is 1.75. The molecule has 0 aromatic heterocycles. The second-order valence-electron chi connectivity index (χ2n) is 8.96. The van der Waals surface area contributed by atoms with E-state index in [1.54, 1.807) is 67.6 Å². The standard InChI is InChI=1S/C31H25BrN4O5S/c1-20(29(37)33-24-11-15-26(16-12-24)36(40)41)42-27-17-13-25(14-18-27)34-31(39)28(19-21-7-9-23(32)10-8-21)35-30(38)22-5-3-2-4-6-22/h2-20H,1H3,(H,33,37)(H,34,39)(H,35,38)/b28-19-. The molecule has 3 N–H and O–H groups in total. The van der Waals surface area contributed by atoms with Crippen molar-refractivity contribution in [3.8, 4) is 0 Å². The van der Waals surface area contributed by atoms with Crippen LogP contribution in [0, 0.1) is 10.1 Å². The largest absolute Gasteiger partial charge is 0.325 e. The number of hydrogen-bond donors (Lipinski definition) is 3. The second-order valence-corrected chi connectivity index (χ2v) is 11.3. The average molecular weight is 646 g/mol. The predicted octanol–water partition coefficient (Wildman–Crippen LogP) is 6.89. The molecule has 11 heteroatoms. The molecule has 1 atom stereocenters. The molecule has 0 saturated carbocycles. The normalized spacial score (nSPS) is 11.7. The van der Waals surface area contributed by atoms with E-state index in [0.29, 0.717) is 16.9 Å². The van der Waals surface area contributed by atoms with E-state index in [2.05, 4.69) is 31.9 Å². The van der Waals surface area contributed by atoms with Crippen molar-refractivity contribution in [3.63, 3.8) is 0 Å². The van der Waals surface area contributed by atoms with Crippen LogP contribution in [0.3, 0.4) is 0 Å². The van der Waals surface area contributed by atoms with Crippen LogP contribution in [0.4, 0.5) is 17.1 Å². The van der Waals surface area contributed by atoms with Crippen LogP contribution in [-0.4, -0.2) is 27.9 Å². The number of non-ortho nitro benzene ring substituents is 1. The summed E-state index contributed by atoms with van der Waals surface area (Å²) in [5.74, 6) is -1.18. The Morgan fingerprint density at radius 2 is 1.43 bits per heavy atom. The van der Waals surface area contributed by atoms with Crippen molar-refractivity contribution in [2.45, 2.75) is 17.1 Å². The summed E-state index contributed by atoms with van der Waals surface area (Å²) in [6, 6.07) is 28.5. The molecule has 42 heavy (non-hydrogen) atoms. The lowest BCUT2D eigenvalue weighted by Gasteiger charge is -2.13. The summed E-state index contributed by atoms with van der Waals surface area (Å²) in [7, 11) is 0. The molecular formula is C31H25BrN4O5S. The first kappa shape index (κ1) is 30.2. The van der Waals surface area contributed by atoms with Gasteiger partial charge in [-0.3, -0.25) is 24.5 Å². The molecule has 0 aliphatic rings. The van der Waals surface area contributed by atoms with Crippen molar-refractivity contribution < 1.29 is 19.3 Å². The van der Waals surface area contributed by atoms with Gasteiger partial charge < -0.3 is 16.0 Å². The quantitative estimate of drug-likeness (QED) is 0.0746. The number of carbonyl (C=O) groups excluding carboxylic acids is 3. The van der Waals surface area contributed by atoms with E-state index in [4.69, 9.17) is 0 Å². The Kier molecular flexibility index (Phi) is 10.2. The van der Waals surface area contributed by atoms with Crippen LogP contribution in [0.1, 0.15) is 22.8 Å². The van der Waals surface area contributed by atoms with E-state index in [1.165, 1.54) is 36.0 Å². The zero-order valence-corrected chi connectivity index (χ0v) is 24.6. The van der Waals surface area contributed by atoms with Gasteiger partial charge in [0.15, 0.2) is 0 Å². The van der Waals surface area contributed by atoms with Gasteiger partial charge >= 0.3 is 0 Å². The van der Waals surface area contributed by atoms with Crippen LogP contribution in [-0.2, 0) is 9.59 Å². The third kappa shape index (κ3) is 8.63. The minimum atomic E-state index is -0.503. The lowest BCUT2D eigenvalue weighted by atomic mass is 10.1. The van der Waals surface area contributed by atoms with E-state index in [9.17, 15) is 24.5 Å². The summed E-state index contributed by atoms with van der Waals surface area (Å²) in [5.41, 5.74) is 2.12. The molecule has 0 aliphatic carbocycles. The second kappa shape index (κ2) is 14.2. The Hall–Kier alpha value is -4.74. The minimum absolute atomic E-state index is 0.0582. The third-order valence-electron chi connectivity index (χ3n) is 5.85. The molecule has 3 amide bonds. The number of nitrogens with one attached hydrogen (secondary N) is 3. The SMILES string of the molecule is CC(Sc1ccc(NC(=O)/C(=C/c2ccc(Br)cc2)NC(=O)c2ccccc2)cc1)C(=O)Nc1ccc([N+](=O)[O-])cc1. The van der Waals surface area contributed by atoms with Crippen molar-refractivity contribution in [2.24, 2.45) is 0 Å². The fourth-order valence-corrected chi connectivity index (χ4v) is 4.78. The van der Waals surface area contributed by atoms with Gasteiger partial charge in [0, 0.05) is 38.4 Å². The maximum absolute atomic E-state index is 13.2. The van der Waals surface area contributed by atoms with Crippen molar-refractivity contribution in [1.82, 2.24) is 5.32 Å². The van der Waals surface area contributed by atoms with Gasteiger partial charge in [0.1, 0.15) is 5.70 Å². The Morgan fingerprint density at radius 1 is 0.833 bits per heavy atom. The Balaban J connectivity index is 1.40. The number of carbonyl (C=O) groups is 3. The smallest absolute Gasteiger partial charge is 0.272 e. The molecule has 0 aliphatic heterocycles. The maximum atomic E-state index is 13.2. The summed E-state index contributed by atoms with van der Waals surface area (Å²) >= 11 is 4.71. The third-order valence-corrected chi connectivity index (χ3v) is 7.49. The number of rotatable bonds is 10. The molecule has 0 saturated heterocycles. The number of benzene rings is 4. The van der Waals surface area contributed by atoms with Gasteiger partial charge in [0.25, 0.3) is 17.5 Å². The molecule has 212 valence electrons. The van der Waals surface area contributed by atoms with E-state index >= 15 is 0 Å². The highest BCUT2D eigenvalue weighted by Gasteiger charge is 2.17. The first-order valence-corrected chi connectivity index (χ1v) is 14.3. The summed E-state index contributed by atoms with van der Waals surface area (Å²) in [5, 5.41) is 18.6. The van der Waals surface area contributed by atoms with Crippen molar-refractivity contribution in [2.75, 3.05) is 10.6 Å². The number of hydrogen-bond acceptors (Lipinski definition) is 6. The molecule has 4 rings (SSSR count). The molecule has 9 nitrogen and oxygen atoms in total. The average Bonchev–Trinajstić information content (AvgIpc) is 2.99. The number of nitro groups is 1. The number of anilines is 2. The summed E-state index contributed by atoms with van der Waals surface area (Å²) < 4.78 is 0.884. The molecule has 0 fully saturated rings. The number of nitro benzene ring substituents is 1. The highest BCUT2D eigenvalue weighted by atomic mass is 79.9. The number of amides is 3. The number of nitrogens with zero attached hydrogens (tertiary/aromatic N) is 1. The van der Waals surface area contributed by atoms with Crippen LogP contribution in [0.15, 0.2) is 118 Å². The van der Waals surface area contributed by atoms with E-state index < -0.39 is 22.0 Å². The van der Waals surface area contributed by atoms with Crippen LogP contribution in [0.2, 0.25) is 0 Å². The molecule has 0 heterocycles. The Bertz CT molecular complexity index is 1610. The number of halogens is 1. The predicted molar refractivity (Wildman–Crippen MR) is 168 cm³/mol. The minimum Gasteiger partial charge on any atom is -0.325 e. The fraction of sp³-hybridized carbons (Fsp3) is 0.0645. The van der Waals surface area contributed by atoms with Crippen molar-refractivity contribution >= 4 is 68.6 Å². The molecule has 0 spiro atoms. The Labute approximate surface area is 254 Å². The van der Waals surface area contributed by atoms with Gasteiger partial charge in [-0.2, -0.15) is 0 Å². The van der Waals surface area contributed by atoms with Crippen molar-refractivity contribution in [3.05, 3.63) is 135 Å². The van der Waals surface area contributed by atoms with Crippen LogP contribution < -0.4 is 16.0 Å². The summed E-state index contributed by atoms with van der Waals surface area (Å²) in [6.07, 6.45) is 1.60.